The van der Waals surface area contributed by atoms with Crippen molar-refractivity contribution in [2.75, 3.05) is 39.3 Å². The average Bonchev–Trinajstić information content (AvgIpc) is 3.08. The second kappa shape index (κ2) is 10.9. The van der Waals surface area contributed by atoms with Crippen LogP contribution >= 0.6 is 24.0 Å². The van der Waals surface area contributed by atoms with Crippen LogP contribution in [0.1, 0.15) is 25.5 Å². The summed E-state index contributed by atoms with van der Waals surface area (Å²) in [7, 11) is 0. The molecular formula is C18H30IN5O. The van der Waals surface area contributed by atoms with Crippen LogP contribution in [0.5, 0.6) is 0 Å². The lowest BCUT2D eigenvalue weighted by Gasteiger charge is -2.34. The average molecular weight is 459 g/mol. The van der Waals surface area contributed by atoms with Crippen LogP contribution in [-0.2, 0) is 11.2 Å². The summed E-state index contributed by atoms with van der Waals surface area (Å²) in [5.74, 6) is 0.862. The molecule has 3 heterocycles. The number of fused-ring (bicyclic) bond motifs is 1. The first-order valence-electron chi connectivity index (χ1n) is 9.13. The van der Waals surface area contributed by atoms with E-state index in [1.54, 1.807) is 0 Å². The maximum absolute atomic E-state index is 5.98. The van der Waals surface area contributed by atoms with Gasteiger partial charge in [-0.15, -0.1) is 24.0 Å². The summed E-state index contributed by atoms with van der Waals surface area (Å²) in [6, 6.07) is 6.66. The number of aliphatic imine (C=N–C) groups is 1. The summed E-state index contributed by atoms with van der Waals surface area (Å²) < 4.78 is 5.98. The molecule has 2 fully saturated rings. The Hall–Kier alpha value is -0.930. The van der Waals surface area contributed by atoms with Gasteiger partial charge in [0.25, 0.3) is 0 Å². The first kappa shape index (κ1) is 20.4. The van der Waals surface area contributed by atoms with Crippen molar-refractivity contribution in [3.05, 3.63) is 30.1 Å². The number of nitrogens with zero attached hydrogens (tertiary/aromatic N) is 3. The van der Waals surface area contributed by atoms with Crippen molar-refractivity contribution >= 4 is 29.9 Å². The second-order valence-electron chi connectivity index (χ2n) is 6.46. The maximum atomic E-state index is 5.98. The summed E-state index contributed by atoms with van der Waals surface area (Å²) in [6.07, 6.45) is 5.53. The third-order valence-electron chi connectivity index (χ3n) is 4.66. The van der Waals surface area contributed by atoms with Crippen LogP contribution < -0.4 is 10.6 Å². The fourth-order valence-corrected chi connectivity index (χ4v) is 3.39. The fourth-order valence-electron chi connectivity index (χ4n) is 3.39. The molecule has 0 radical (unpaired) electrons. The first-order valence-corrected chi connectivity index (χ1v) is 9.13. The van der Waals surface area contributed by atoms with Gasteiger partial charge in [0.1, 0.15) is 0 Å². The van der Waals surface area contributed by atoms with Gasteiger partial charge < -0.3 is 15.4 Å². The Kier molecular flexibility index (Phi) is 8.91. The van der Waals surface area contributed by atoms with Gasteiger partial charge in [0, 0.05) is 44.0 Å². The molecule has 0 aromatic carbocycles. The van der Waals surface area contributed by atoms with E-state index in [0.29, 0.717) is 12.6 Å². The molecule has 1 aromatic rings. The Morgan fingerprint density at radius 3 is 3.12 bits per heavy atom. The van der Waals surface area contributed by atoms with Crippen LogP contribution in [0.15, 0.2) is 29.4 Å². The van der Waals surface area contributed by atoms with Crippen molar-refractivity contribution in [1.82, 2.24) is 20.5 Å². The number of hydrogen-bond donors (Lipinski definition) is 2. The van der Waals surface area contributed by atoms with E-state index in [9.17, 15) is 0 Å². The summed E-state index contributed by atoms with van der Waals surface area (Å²) in [5, 5.41) is 6.69. The van der Waals surface area contributed by atoms with Gasteiger partial charge in [-0.3, -0.25) is 14.9 Å². The highest BCUT2D eigenvalue weighted by atomic mass is 127. The largest absolute Gasteiger partial charge is 0.373 e. The molecule has 3 rings (SSSR count). The Morgan fingerprint density at radius 1 is 1.40 bits per heavy atom. The highest BCUT2D eigenvalue weighted by molar-refractivity contribution is 14.0. The van der Waals surface area contributed by atoms with E-state index >= 15 is 0 Å². The second-order valence-corrected chi connectivity index (χ2v) is 6.46. The van der Waals surface area contributed by atoms with Gasteiger partial charge in [-0.05, 0) is 38.4 Å². The highest BCUT2D eigenvalue weighted by Gasteiger charge is 2.31. The Balaban J connectivity index is 0.00000225. The third-order valence-corrected chi connectivity index (χ3v) is 4.66. The van der Waals surface area contributed by atoms with Gasteiger partial charge in [-0.25, -0.2) is 0 Å². The molecule has 2 unspecified atom stereocenters. The van der Waals surface area contributed by atoms with E-state index in [4.69, 9.17) is 9.73 Å². The topological polar surface area (TPSA) is 61.8 Å². The van der Waals surface area contributed by atoms with E-state index < -0.39 is 0 Å². The Morgan fingerprint density at radius 2 is 2.32 bits per heavy atom. The summed E-state index contributed by atoms with van der Waals surface area (Å²) in [6.45, 7) is 7.57. The lowest BCUT2D eigenvalue weighted by molar-refractivity contribution is -0.0432. The standard InChI is InChI=1S/C18H29N5O.HI/c1-2-19-18(21-10-8-15-6-3-4-9-20-15)22-12-17-13-23-11-5-7-16(23)14-24-17;/h3-4,6,9,16-17H,2,5,7-8,10-14H2,1H3,(H2,19,21,22);1H. The molecule has 0 saturated carbocycles. The Labute approximate surface area is 167 Å². The molecule has 2 saturated heterocycles. The number of aromatic nitrogens is 1. The molecule has 0 spiro atoms. The van der Waals surface area contributed by atoms with Gasteiger partial charge in [0.05, 0.1) is 19.3 Å². The van der Waals surface area contributed by atoms with Crippen LogP contribution in [0.25, 0.3) is 0 Å². The predicted octanol–water partition coefficient (Wildman–Crippen LogP) is 1.66. The summed E-state index contributed by atoms with van der Waals surface area (Å²) in [5.41, 5.74) is 1.09. The molecule has 0 amide bonds. The van der Waals surface area contributed by atoms with E-state index in [1.807, 2.05) is 24.4 Å². The van der Waals surface area contributed by atoms with Crippen LogP contribution in [0.3, 0.4) is 0 Å². The zero-order chi connectivity index (χ0) is 16.6. The van der Waals surface area contributed by atoms with Crippen molar-refractivity contribution in [3.8, 4) is 0 Å². The van der Waals surface area contributed by atoms with Gasteiger partial charge in [0.2, 0.25) is 0 Å². The fraction of sp³-hybridized carbons (Fsp3) is 0.667. The number of pyridine rings is 1. The molecule has 7 heteroatoms. The monoisotopic (exact) mass is 459 g/mol. The van der Waals surface area contributed by atoms with E-state index in [2.05, 4.69) is 27.4 Å². The molecule has 2 atom stereocenters. The minimum atomic E-state index is 0. The quantitative estimate of drug-likeness (QED) is 0.385. The maximum Gasteiger partial charge on any atom is 0.191 e. The normalized spacial score (nSPS) is 23.6. The SMILES string of the molecule is CCNC(=NCC1CN2CCCC2CO1)NCCc1ccccn1.I. The molecule has 2 N–H and O–H groups in total. The van der Waals surface area contributed by atoms with Gasteiger partial charge in [-0.2, -0.15) is 0 Å². The summed E-state index contributed by atoms with van der Waals surface area (Å²) >= 11 is 0. The van der Waals surface area contributed by atoms with Crippen LogP contribution in [0.2, 0.25) is 0 Å². The molecule has 0 aliphatic carbocycles. The van der Waals surface area contributed by atoms with Crippen LogP contribution in [0.4, 0.5) is 0 Å². The van der Waals surface area contributed by atoms with Crippen LogP contribution in [-0.4, -0.2) is 67.3 Å². The predicted molar refractivity (Wildman–Crippen MR) is 112 cm³/mol. The van der Waals surface area contributed by atoms with Gasteiger partial charge in [0.15, 0.2) is 5.96 Å². The minimum Gasteiger partial charge on any atom is -0.373 e. The third kappa shape index (κ3) is 6.38. The molecule has 0 bridgehead atoms. The Bertz CT molecular complexity index is 527. The minimum absolute atomic E-state index is 0. The number of nitrogens with one attached hydrogen (secondary N) is 2. The molecular weight excluding hydrogens is 429 g/mol. The van der Waals surface area contributed by atoms with Crippen molar-refractivity contribution < 1.29 is 4.74 Å². The van der Waals surface area contributed by atoms with Crippen molar-refractivity contribution in [3.63, 3.8) is 0 Å². The van der Waals surface area contributed by atoms with E-state index in [0.717, 1.165) is 44.3 Å². The van der Waals surface area contributed by atoms with Crippen molar-refractivity contribution in [1.29, 1.82) is 0 Å². The number of ether oxygens (including phenoxy) is 1. The first-order chi connectivity index (χ1) is 11.8. The smallest absolute Gasteiger partial charge is 0.191 e. The van der Waals surface area contributed by atoms with Crippen molar-refractivity contribution in [2.45, 2.75) is 38.3 Å². The highest BCUT2D eigenvalue weighted by Crippen LogP contribution is 2.22. The van der Waals surface area contributed by atoms with Gasteiger partial charge in [-0.1, -0.05) is 6.07 Å². The lowest BCUT2D eigenvalue weighted by atomic mass is 10.2. The number of guanidine groups is 1. The number of halogens is 1. The van der Waals surface area contributed by atoms with E-state index in [-0.39, 0.29) is 30.1 Å². The molecule has 25 heavy (non-hydrogen) atoms. The number of hydrogen-bond acceptors (Lipinski definition) is 4. The summed E-state index contributed by atoms with van der Waals surface area (Å²) in [4.78, 5) is 11.6. The molecule has 1 aromatic heterocycles. The number of morpholine rings is 1. The molecule has 6 nitrogen and oxygen atoms in total. The zero-order valence-corrected chi connectivity index (χ0v) is 17.3. The van der Waals surface area contributed by atoms with E-state index in [1.165, 1.54) is 19.4 Å². The zero-order valence-electron chi connectivity index (χ0n) is 15.0. The number of rotatable bonds is 6. The molecule has 2 aliphatic rings. The lowest BCUT2D eigenvalue weighted by Crippen LogP contribution is -2.47. The molecule has 140 valence electrons. The van der Waals surface area contributed by atoms with Crippen LogP contribution in [0, 0.1) is 0 Å². The van der Waals surface area contributed by atoms with Crippen molar-refractivity contribution in [2.24, 2.45) is 4.99 Å². The molecule has 2 aliphatic heterocycles. The van der Waals surface area contributed by atoms with Gasteiger partial charge >= 0.3 is 0 Å².